The van der Waals surface area contributed by atoms with Crippen molar-refractivity contribution in [1.82, 2.24) is 4.98 Å². The van der Waals surface area contributed by atoms with Gasteiger partial charge in [0.2, 0.25) is 0 Å². The second-order valence-corrected chi connectivity index (χ2v) is 3.44. The van der Waals surface area contributed by atoms with Gasteiger partial charge in [0, 0.05) is 24.6 Å². The summed E-state index contributed by atoms with van der Waals surface area (Å²) in [6, 6.07) is 11.9. The van der Waals surface area contributed by atoms with Crippen LogP contribution in [0.2, 0.25) is 0 Å². The highest BCUT2D eigenvalue weighted by atomic mass is 16.5. The molecule has 0 spiro atoms. The Kier molecular flexibility index (Phi) is 3.38. The lowest BCUT2D eigenvalue weighted by molar-refractivity contribution is 0.414. The quantitative estimate of drug-likeness (QED) is 0.849. The Labute approximate surface area is 95.1 Å². The molecule has 0 fully saturated rings. The largest absolute Gasteiger partial charge is 0.497 e. The van der Waals surface area contributed by atoms with Gasteiger partial charge in [-0.05, 0) is 29.8 Å². The van der Waals surface area contributed by atoms with Gasteiger partial charge in [-0.25, -0.2) is 0 Å². The molecule has 2 aromatic rings. The number of methoxy groups -OCH3 is 1. The molecule has 3 heteroatoms. The molecule has 1 aromatic heterocycles. The molecule has 0 saturated carbocycles. The number of nitrogens with one attached hydrogen (secondary N) is 1. The molecule has 0 bridgehead atoms. The van der Waals surface area contributed by atoms with Crippen LogP contribution < -0.4 is 10.1 Å². The first-order valence-electron chi connectivity index (χ1n) is 5.15. The minimum Gasteiger partial charge on any atom is -0.497 e. The number of hydrogen-bond acceptors (Lipinski definition) is 3. The highest BCUT2D eigenvalue weighted by Gasteiger charge is 1.94. The summed E-state index contributed by atoms with van der Waals surface area (Å²) in [5.41, 5.74) is 2.29. The first-order chi connectivity index (χ1) is 7.88. The van der Waals surface area contributed by atoms with E-state index in [-0.39, 0.29) is 0 Å². The van der Waals surface area contributed by atoms with Crippen LogP contribution in [-0.2, 0) is 6.54 Å². The van der Waals surface area contributed by atoms with Crippen LogP contribution in [0.15, 0.2) is 48.8 Å². The van der Waals surface area contributed by atoms with Crippen LogP contribution in [0.4, 0.5) is 5.69 Å². The minimum atomic E-state index is 0.800. The monoisotopic (exact) mass is 214 g/mol. The number of aromatic nitrogens is 1. The molecule has 1 heterocycles. The molecule has 16 heavy (non-hydrogen) atoms. The average Bonchev–Trinajstić information content (AvgIpc) is 2.38. The Morgan fingerprint density at radius 1 is 1.06 bits per heavy atom. The second kappa shape index (κ2) is 5.16. The van der Waals surface area contributed by atoms with E-state index in [1.165, 1.54) is 5.56 Å². The topological polar surface area (TPSA) is 34.1 Å². The number of rotatable bonds is 4. The molecule has 0 aliphatic carbocycles. The highest BCUT2D eigenvalue weighted by Crippen LogP contribution is 2.12. The maximum absolute atomic E-state index is 5.10. The Morgan fingerprint density at radius 3 is 2.38 bits per heavy atom. The SMILES string of the molecule is COc1ccc(CNc2ccncc2)cc1. The molecule has 0 unspecified atom stereocenters. The van der Waals surface area contributed by atoms with Crippen LogP contribution >= 0.6 is 0 Å². The fourth-order valence-corrected chi connectivity index (χ4v) is 1.42. The second-order valence-electron chi connectivity index (χ2n) is 3.44. The van der Waals surface area contributed by atoms with Crippen molar-refractivity contribution in [3.63, 3.8) is 0 Å². The predicted octanol–water partition coefficient (Wildman–Crippen LogP) is 2.70. The predicted molar refractivity (Wildman–Crippen MR) is 64.6 cm³/mol. The van der Waals surface area contributed by atoms with Crippen LogP contribution in [-0.4, -0.2) is 12.1 Å². The third-order valence-corrected chi connectivity index (χ3v) is 2.34. The summed E-state index contributed by atoms with van der Waals surface area (Å²) in [7, 11) is 1.67. The Morgan fingerprint density at radius 2 is 1.75 bits per heavy atom. The normalized spacial score (nSPS) is 9.81. The summed E-state index contributed by atoms with van der Waals surface area (Å²) in [4.78, 5) is 3.97. The fourth-order valence-electron chi connectivity index (χ4n) is 1.42. The smallest absolute Gasteiger partial charge is 0.118 e. The van der Waals surface area contributed by atoms with Crippen molar-refractivity contribution in [3.8, 4) is 5.75 Å². The van der Waals surface area contributed by atoms with Gasteiger partial charge in [0.25, 0.3) is 0 Å². The molecular formula is C13H14N2O. The van der Waals surface area contributed by atoms with Crippen molar-refractivity contribution >= 4 is 5.69 Å². The molecule has 0 aliphatic heterocycles. The summed E-state index contributed by atoms with van der Waals surface area (Å²) >= 11 is 0. The van der Waals surface area contributed by atoms with Crippen LogP contribution in [0.1, 0.15) is 5.56 Å². The molecule has 0 aliphatic rings. The number of ether oxygens (including phenoxy) is 1. The van der Waals surface area contributed by atoms with E-state index >= 15 is 0 Å². The summed E-state index contributed by atoms with van der Waals surface area (Å²) < 4.78 is 5.10. The van der Waals surface area contributed by atoms with Gasteiger partial charge in [0.05, 0.1) is 7.11 Å². The maximum atomic E-state index is 5.10. The summed E-state index contributed by atoms with van der Waals surface area (Å²) in [6.45, 7) is 0.800. The van der Waals surface area contributed by atoms with Gasteiger partial charge in [0.15, 0.2) is 0 Å². The minimum absolute atomic E-state index is 0.800. The van der Waals surface area contributed by atoms with E-state index in [0.717, 1.165) is 18.0 Å². The molecule has 1 N–H and O–H groups in total. The van der Waals surface area contributed by atoms with Crippen LogP contribution in [0, 0.1) is 0 Å². The summed E-state index contributed by atoms with van der Waals surface area (Å²) in [5.74, 6) is 0.882. The Balaban J connectivity index is 1.94. The van der Waals surface area contributed by atoms with E-state index in [2.05, 4.69) is 10.3 Å². The van der Waals surface area contributed by atoms with Gasteiger partial charge in [-0.15, -0.1) is 0 Å². The fraction of sp³-hybridized carbons (Fsp3) is 0.154. The molecule has 0 saturated heterocycles. The Hall–Kier alpha value is -2.03. The zero-order valence-corrected chi connectivity index (χ0v) is 9.18. The first-order valence-corrected chi connectivity index (χ1v) is 5.15. The van der Waals surface area contributed by atoms with Crippen molar-refractivity contribution in [1.29, 1.82) is 0 Å². The molecule has 82 valence electrons. The van der Waals surface area contributed by atoms with Gasteiger partial charge in [-0.1, -0.05) is 12.1 Å². The maximum Gasteiger partial charge on any atom is 0.118 e. The van der Waals surface area contributed by atoms with E-state index < -0.39 is 0 Å². The molecule has 1 aromatic carbocycles. The molecule has 0 amide bonds. The lowest BCUT2D eigenvalue weighted by atomic mass is 10.2. The van der Waals surface area contributed by atoms with Crippen molar-refractivity contribution in [2.45, 2.75) is 6.54 Å². The molecule has 2 rings (SSSR count). The number of anilines is 1. The van der Waals surface area contributed by atoms with Crippen LogP contribution in [0.5, 0.6) is 5.75 Å². The number of benzene rings is 1. The van der Waals surface area contributed by atoms with E-state index in [0.29, 0.717) is 0 Å². The van der Waals surface area contributed by atoms with Gasteiger partial charge in [-0.3, -0.25) is 4.98 Å². The number of pyridine rings is 1. The molecule has 3 nitrogen and oxygen atoms in total. The zero-order valence-electron chi connectivity index (χ0n) is 9.18. The van der Waals surface area contributed by atoms with Gasteiger partial charge < -0.3 is 10.1 Å². The first kappa shape index (κ1) is 10.5. The molecule has 0 radical (unpaired) electrons. The summed E-state index contributed by atoms with van der Waals surface area (Å²) in [5, 5.41) is 3.32. The van der Waals surface area contributed by atoms with Crippen LogP contribution in [0.3, 0.4) is 0 Å². The van der Waals surface area contributed by atoms with Gasteiger partial charge >= 0.3 is 0 Å². The van der Waals surface area contributed by atoms with Crippen molar-refractivity contribution < 1.29 is 4.74 Å². The lowest BCUT2D eigenvalue weighted by Gasteiger charge is -2.06. The summed E-state index contributed by atoms with van der Waals surface area (Å²) in [6.07, 6.45) is 3.55. The van der Waals surface area contributed by atoms with E-state index in [9.17, 15) is 0 Å². The number of nitrogens with zero attached hydrogens (tertiary/aromatic N) is 1. The lowest BCUT2D eigenvalue weighted by Crippen LogP contribution is -1.99. The third-order valence-electron chi connectivity index (χ3n) is 2.34. The van der Waals surface area contributed by atoms with E-state index in [1.807, 2.05) is 36.4 Å². The van der Waals surface area contributed by atoms with Gasteiger partial charge in [0.1, 0.15) is 5.75 Å². The van der Waals surface area contributed by atoms with Crippen LogP contribution in [0.25, 0.3) is 0 Å². The standard InChI is InChI=1S/C13H14N2O/c1-16-13-4-2-11(3-5-13)10-15-12-6-8-14-9-7-12/h2-9H,10H2,1H3,(H,14,15). The number of hydrogen-bond donors (Lipinski definition) is 1. The van der Waals surface area contributed by atoms with E-state index in [1.54, 1.807) is 19.5 Å². The van der Waals surface area contributed by atoms with Crippen molar-refractivity contribution in [2.75, 3.05) is 12.4 Å². The molecular weight excluding hydrogens is 200 g/mol. The Bertz CT molecular complexity index is 425. The van der Waals surface area contributed by atoms with Crippen molar-refractivity contribution in [3.05, 3.63) is 54.4 Å². The average molecular weight is 214 g/mol. The van der Waals surface area contributed by atoms with Crippen molar-refractivity contribution in [2.24, 2.45) is 0 Å². The van der Waals surface area contributed by atoms with Gasteiger partial charge in [-0.2, -0.15) is 0 Å². The molecule has 0 atom stereocenters. The third kappa shape index (κ3) is 2.73. The van der Waals surface area contributed by atoms with E-state index in [4.69, 9.17) is 4.74 Å². The zero-order chi connectivity index (χ0) is 11.2. The highest BCUT2D eigenvalue weighted by molar-refractivity contribution is 5.41.